The van der Waals surface area contributed by atoms with E-state index < -0.39 is 21.9 Å². The van der Waals surface area contributed by atoms with Crippen LogP contribution in [0.5, 0.6) is 5.75 Å². The Morgan fingerprint density at radius 2 is 1.72 bits per heavy atom. The van der Waals surface area contributed by atoms with Crippen LogP contribution in [0.3, 0.4) is 0 Å². The first-order valence-electron chi connectivity index (χ1n) is 6.99. The van der Waals surface area contributed by atoms with Crippen LogP contribution < -0.4 is 15.6 Å². The SMILES string of the molecule is COc1ccc(S(N)(=O)=O)cc1C(=O)OCc1ccc(C(N)=O)cc1. The van der Waals surface area contributed by atoms with Crippen LogP contribution in [0.15, 0.2) is 47.4 Å². The van der Waals surface area contributed by atoms with Crippen molar-refractivity contribution in [3.8, 4) is 5.75 Å². The first-order chi connectivity index (χ1) is 11.7. The Kier molecular flexibility index (Phi) is 5.40. The van der Waals surface area contributed by atoms with E-state index >= 15 is 0 Å². The highest BCUT2D eigenvalue weighted by atomic mass is 32.2. The number of nitrogens with two attached hydrogens (primary N) is 2. The summed E-state index contributed by atoms with van der Waals surface area (Å²) in [5.41, 5.74) is 6.03. The molecule has 25 heavy (non-hydrogen) atoms. The lowest BCUT2D eigenvalue weighted by Crippen LogP contribution is -2.14. The fourth-order valence-corrected chi connectivity index (χ4v) is 2.56. The Bertz CT molecular complexity index is 907. The number of amides is 1. The number of primary amides is 1. The van der Waals surface area contributed by atoms with Crippen LogP contribution in [0, 0.1) is 0 Å². The van der Waals surface area contributed by atoms with Crippen LogP contribution in [0.2, 0.25) is 0 Å². The second kappa shape index (κ2) is 7.32. The van der Waals surface area contributed by atoms with Crippen molar-refractivity contribution >= 4 is 21.9 Å². The molecule has 0 saturated heterocycles. The number of primary sulfonamides is 1. The number of hydrogen-bond donors (Lipinski definition) is 2. The van der Waals surface area contributed by atoms with E-state index in [1.54, 1.807) is 12.1 Å². The van der Waals surface area contributed by atoms with E-state index in [2.05, 4.69) is 0 Å². The molecule has 0 unspecified atom stereocenters. The van der Waals surface area contributed by atoms with Gasteiger partial charge in [0.05, 0.1) is 12.0 Å². The molecule has 2 aromatic carbocycles. The summed E-state index contributed by atoms with van der Waals surface area (Å²) in [6.07, 6.45) is 0. The molecule has 4 N–H and O–H groups in total. The summed E-state index contributed by atoms with van der Waals surface area (Å²) in [4.78, 5) is 23.0. The number of carbonyl (C=O) groups is 2. The molecule has 0 aliphatic rings. The minimum Gasteiger partial charge on any atom is -0.496 e. The predicted molar refractivity (Wildman–Crippen MR) is 88.4 cm³/mol. The lowest BCUT2D eigenvalue weighted by Gasteiger charge is -2.10. The number of methoxy groups -OCH3 is 1. The molecule has 0 aromatic heterocycles. The number of ether oxygens (including phenoxy) is 2. The molecule has 2 rings (SSSR count). The average molecular weight is 364 g/mol. The van der Waals surface area contributed by atoms with Gasteiger partial charge in [0, 0.05) is 5.56 Å². The standard InChI is InChI=1S/C16H16N2O6S/c1-23-14-7-6-12(25(18,21)22)8-13(14)16(20)24-9-10-2-4-11(5-3-10)15(17)19/h2-8H,9H2,1H3,(H2,17,19)(H2,18,21,22). The van der Waals surface area contributed by atoms with Crippen LogP contribution in [0.4, 0.5) is 0 Å². The smallest absolute Gasteiger partial charge is 0.342 e. The maximum atomic E-state index is 12.2. The van der Waals surface area contributed by atoms with Crippen molar-refractivity contribution in [3.05, 3.63) is 59.2 Å². The molecule has 0 fully saturated rings. The minimum atomic E-state index is -3.97. The summed E-state index contributed by atoms with van der Waals surface area (Å²) in [6, 6.07) is 9.83. The van der Waals surface area contributed by atoms with E-state index in [1.807, 2.05) is 0 Å². The molecule has 9 heteroatoms. The number of sulfonamides is 1. The molecule has 0 radical (unpaired) electrons. The number of benzene rings is 2. The van der Waals surface area contributed by atoms with Gasteiger partial charge in [-0.3, -0.25) is 4.79 Å². The molecule has 0 aliphatic carbocycles. The topological polar surface area (TPSA) is 139 Å². The van der Waals surface area contributed by atoms with E-state index in [1.165, 1.54) is 31.4 Å². The third-order valence-electron chi connectivity index (χ3n) is 3.33. The number of carbonyl (C=O) groups excluding carboxylic acids is 2. The average Bonchev–Trinajstić information content (AvgIpc) is 2.58. The Balaban J connectivity index is 2.18. The molecular weight excluding hydrogens is 348 g/mol. The molecule has 0 saturated carbocycles. The van der Waals surface area contributed by atoms with Crippen LogP contribution in [0.1, 0.15) is 26.3 Å². The van der Waals surface area contributed by atoms with Crippen molar-refractivity contribution in [2.45, 2.75) is 11.5 Å². The molecule has 132 valence electrons. The Morgan fingerprint density at radius 1 is 1.08 bits per heavy atom. The van der Waals surface area contributed by atoms with Gasteiger partial charge in [-0.15, -0.1) is 0 Å². The fourth-order valence-electron chi connectivity index (χ4n) is 2.02. The fraction of sp³-hybridized carbons (Fsp3) is 0.125. The zero-order valence-electron chi connectivity index (χ0n) is 13.3. The molecule has 1 amide bonds. The van der Waals surface area contributed by atoms with Gasteiger partial charge in [0.1, 0.15) is 17.9 Å². The van der Waals surface area contributed by atoms with Gasteiger partial charge < -0.3 is 15.2 Å². The maximum Gasteiger partial charge on any atom is 0.342 e. The lowest BCUT2D eigenvalue weighted by molar-refractivity contribution is 0.0468. The van der Waals surface area contributed by atoms with E-state index in [4.69, 9.17) is 20.3 Å². The van der Waals surface area contributed by atoms with Gasteiger partial charge >= 0.3 is 5.97 Å². The van der Waals surface area contributed by atoms with Crippen molar-refractivity contribution in [1.82, 2.24) is 0 Å². The molecule has 2 aromatic rings. The molecular formula is C16H16N2O6S. The molecule has 0 aliphatic heterocycles. The van der Waals surface area contributed by atoms with Crippen molar-refractivity contribution < 1.29 is 27.5 Å². The summed E-state index contributed by atoms with van der Waals surface area (Å²) in [7, 11) is -2.63. The van der Waals surface area contributed by atoms with Crippen LogP contribution >= 0.6 is 0 Å². The van der Waals surface area contributed by atoms with E-state index in [0.29, 0.717) is 11.1 Å². The molecule has 0 heterocycles. The zero-order valence-corrected chi connectivity index (χ0v) is 14.1. The first-order valence-corrected chi connectivity index (χ1v) is 8.53. The predicted octanol–water partition coefficient (Wildman–Crippen LogP) is 0.798. The molecule has 0 bridgehead atoms. The highest BCUT2D eigenvalue weighted by Gasteiger charge is 2.18. The molecule has 0 atom stereocenters. The van der Waals surface area contributed by atoms with Crippen molar-refractivity contribution in [2.24, 2.45) is 10.9 Å². The summed E-state index contributed by atoms with van der Waals surface area (Å²) < 4.78 is 33.0. The number of rotatable bonds is 6. The van der Waals surface area contributed by atoms with Gasteiger partial charge in [-0.05, 0) is 35.9 Å². The third-order valence-corrected chi connectivity index (χ3v) is 4.24. The maximum absolute atomic E-state index is 12.2. The van der Waals surface area contributed by atoms with Crippen LogP contribution in [-0.2, 0) is 21.4 Å². The van der Waals surface area contributed by atoms with Gasteiger partial charge in [0.15, 0.2) is 0 Å². The van der Waals surface area contributed by atoms with Gasteiger partial charge in [0.2, 0.25) is 15.9 Å². The minimum absolute atomic E-state index is 0.0669. The van der Waals surface area contributed by atoms with Gasteiger partial charge in [-0.2, -0.15) is 0 Å². The monoisotopic (exact) mass is 364 g/mol. The van der Waals surface area contributed by atoms with E-state index in [9.17, 15) is 18.0 Å². The van der Waals surface area contributed by atoms with Gasteiger partial charge in [0.25, 0.3) is 0 Å². The molecule has 8 nitrogen and oxygen atoms in total. The Hall–Kier alpha value is -2.91. The Labute approximate surface area is 144 Å². The Morgan fingerprint density at radius 3 is 2.24 bits per heavy atom. The largest absolute Gasteiger partial charge is 0.496 e. The summed E-state index contributed by atoms with van der Waals surface area (Å²) in [5, 5.41) is 5.06. The highest BCUT2D eigenvalue weighted by molar-refractivity contribution is 7.89. The van der Waals surface area contributed by atoms with Crippen molar-refractivity contribution in [3.63, 3.8) is 0 Å². The quantitative estimate of drug-likeness (QED) is 0.727. The second-order valence-corrected chi connectivity index (χ2v) is 6.61. The van der Waals surface area contributed by atoms with Crippen LogP contribution in [0.25, 0.3) is 0 Å². The van der Waals surface area contributed by atoms with E-state index in [-0.39, 0.29) is 22.8 Å². The van der Waals surface area contributed by atoms with Crippen molar-refractivity contribution in [2.75, 3.05) is 7.11 Å². The number of esters is 1. The van der Waals surface area contributed by atoms with Gasteiger partial charge in [-0.25, -0.2) is 18.4 Å². The zero-order chi connectivity index (χ0) is 18.6. The summed E-state index contributed by atoms with van der Waals surface area (Å²) in [6.45, 7) is -0.0827. The van der Waals surface area contributed by atoms with E-state index in [0.717, 1.165) is 6.07 Å². The van der Waals surface area contributed by atoms with Crippen LogP contribution in [-0.4, -0.2) is 27.4 Å². The summed E-state index contributed by atoms with van der Waals surface area (Å²) in [5.74, 6) is -1.18. The molecule has 0 spiro atoms. The van der Waals surface area contributed by atoms with Crippen molar-refractivity contribution in [1.29, 1.82) is 0 Å². The van der Waals surface area contributed by atoms with Gasteiger partial charge in [-0.1, -0.05) is 12.1 Å². The lowest BCUT2D eigenvalue weighted by atomic mass is 10.1. The second-order valence-electron chi connectivity index (χ2n) is 5.04. The number of hydrogen-bond acceptors (Lipinski definition) is 6. The summed E-state index contributed by atoms with van der Waals surface area (Å²) >= 11 is 0. The third kappa shape index (κ3) is 4.55. The highest BCUT2D eigenvalue weighted by Crippen LogP contribution is 2.23. The first kappa shape index (κ1) is 18.4. The normalized spacial score (nSPS) is 11.0.